The smallest absolute Gasteiger partial charge is 0.250 e. The summed E-state index contributed by atoms with van der Waals surface area (Å²) < 4.78 is 27.4. The van der Waals surface area contributed by atoms with Crippen LogP contribution in [0.5, 0.6) is 0 Å². The fraction of sp³-hybridized carbons (Fsp3) is 0.389. The number of anilines is 1. The lowest BCUT2D eigenvalue weighted by Crippen LogP contribution is -2.37. The van der Waals surface area contributed by atoms with E-state index >= 15 is 0 Å². The lowest BCUT2D eigenvalue weighted by Gasteiger charge is -2.22. The van der Waals surface area contributed by atoms with E-state index in [-0.39, 0.29) is 19.0 Å². The third-order valence-corrected chi connectivity index (χ3v) is 6.81. The van der Waals surface area contributed by atoms with Gasteiger partial charge in [-0.25, -0.2) is 13.1 Å². The van der Waals surface area contributed by atoms with E-state index in [1.165, 1.54) is 23.8 Å². The van der Waals surface area contributed by atoms with Gasteiger partial charge >= 0.3 is 0 Å². The highest BCUT2D eigenvalue weighted by atomic mass is 32.2. The van der Waals surface area contributed by atoms with Crippen molar-refractivity contribution in [1.82, 2.24) is 4.72 Å². The zero-order chi connectivity index (χ0) is 18.6. The number of thiophene rings is 1. The molecule has 1 N–H and O–H groups in total. The van der Waals surface area contributed by atoms with Crippen molar-refractivity contribution in [3.8, 4) is 0 Å². The third-order valence-electron chi connectivity index (χ3n) is 3.86. The zero-order valence-electron chi connectivity index (χ0n) is 14.9. The first-order valence-electron chi connectivity index (χ1n) is 8.15. The molecule has 0 spiro atoms. The van der Waals surface area contributed by atoms with E-state index in [9.17, 15) is 13.2 Å². The summed E-state index contributed by atoms with van der Waals surface area (Å²) >= 11 is 1.23. The second-order valence-corrected chi connectivity index (χ2v) is 9.46. The van der Waals surface area contributed by atoms with Gasteiger partial charge in [0.05, 0.1) is 0 Å². The summed E-state index contributed by atoms with van der Waals surface area (Å²) in [5, 5.41) is 0. The minimum absolute atomic E-state index is 0.122. The third kappa shape index (κ3) is 5.14. The SMILES string of the molecule is CC(=O)N(CCNS(=O)(=O)c1ccc(C)s1)c1ccc(C(C)C)cc1. The molecule has 0 radical (unpaired) electrons. The average Bonchev–Trinajstić information content (AvgIpc) is 2.99. The van der Waals surface area contributed by atoms with Gasteiger partial charge in [0.15, 0.2) is 0 Å². The molecule has 7 heteroatoms. The highest BCUT2D eigenvalue weighted by molar-refractivity contribution is 7.91. The predicted octanol–water partition coefficient (Wildman–Crippen LogP) is 3.51. The molecule has 0 aliphatic rings. The van der Waals surface area contributed by atoms with Crippen molar-refractivity contribution in [2.75, 3.05) is 18.0 Å². The van der Waals surface area contributed by atoms with E-state index in [0.717, 1.165) is 10.6 Å². The Labute approximate surface area is 153 Å². The number of hydrogen-bond donors (Lipinski definition) is 1. The lowest BCUT2D eigenvalue weighted by atomic mass is 10.0. The van der Waals surface area contributed by atoms with Gasteiger partial charge < -0.3 is 4.90 Å². The lowest BCUT2D eigenvalue weighted by molar-refractivity contribution is -0.116. The minimum Gasteiger partial charge on any atom is -0.311 e. The van der Waals surface area contributed by atoms with Crippen LogP contribution in [-0.2, 0) is 14.8 Å². The molecule has 1 aromatic heterocycles. The van der Waals surface area contributed by atoms with Gasteiger partial charge in [-0.3, -0.25) is 4.79 Å². The largest absolute Gasteiger partial charge is 0.311 e. The molecule has 0 bridgehead atoms. The molecule has 0 atom stereocenters. The van der Waals surface area contributed by atoms with Crippen LogP contribution in [0.2, 0.25) is 0 Å². The molecule has 5 nitrogen and oxygen atoms in total. The Kier molecular flexibility index (Phi) is 6.37. The molecule has 25 heavy (non-hydrogen) atoms. The van der Waals surface area contributed by atoms with Gasteiger partial charge in [-0.1, -0.05) is 26.0 Å². The normalized spacial score (nSPS) is 11.7. The molecule has 2 rings (SSSR count). The van der Waals surface area contributed by atoms with Crippen LogP contribution in [0.1, 0.15) is 37.1 Å². The van der Waals surface area contributed by atoms with Crippen molar-refractivity contribution in [1.29, 1.82) is 0 Å². The summed E-state index contributed by atoms with van der Waals surface area (Å²) in [4.78, 5) is 14.5. The Hall–Kier alpha value is -1.70. The van der Waals surface area contributed by atoms with Crippen LogP contribution in [0.3, 0.4) is 0 Å². The van der Waals surface area contributed by atoms with Crippen LogP contribution in [0.4, 0.5) is 5.69 Å². The van der Waals surface area contributed by atoms with E-state index in [2.05, 4.69) is 18.6 Å². The topological polar surface area (TPSA) is 66.5 Å². The average molecular weight is 381 g/mol. The standard InChI is InChI=1S/C18H24N2O3S2/c1-13(2)16-6-8-17(9-7-16)20(15(4)21)12-11-19-25(22,23)18-10-5-14(3)24-18/h5-10,13,19H,11-12H2,1-4H3. The van der Waals surface area contributed by atoms with Crippen molar-refractivity contribution < 1.29 is 13.2 Å². The molecule has 0 fully saturated rings. The number of amides is 1. The fourth-order valence-electron chi connectivity index (χ4n) is 2.43. The number of benzene rings is 1. The summed E-state index contributed by atoms with van der Waals surface area (Å²) in [6.07, 6.45) is 0. The second kappa shape index (κ2) is 8.12. The van der Waals surface area contributed by atoms with Gasteiger partial charge in [-0.2, -0.15) is 0 Å². The van der Waals surface area contributed by atoms with Gasteiger partial charge in [0.2, 0.25) is 15.9 Å². The molecule has 1 heterocycles. The van der Waals surface area contributed by atoms with E-state index in [0.29, 0.717) is 10.1 Å². The van der Waals surface area contributed by atoms with E-state index in [4.69, 9.17) is 0 Å². The van der Waals surface area contributed by atoms with Crippen molar-refractivity contribution in [2.45, 2.75) is 37.8 Å². The minimum atomic E-state index is -3.53. The molecule has 0 unspecified atom stereocenters. The maximum Gasteiger partial charge on any atom is 0.250 e. The molecule has 0 aliphatic carbocycles. The number of nitrogens with zero attached hydrogens (tertiary/aromatic N) is 1. The van der Waals surface area contributed by atoms with E-state index in [1.807, 2.05) is 31.2 Å². The Balaban J connectivity index is 2.04. The van der Waals surface area contributed by atoms with Crippen LogP contribution in [0, 0.1) is 6.92 Å². The Bertz CT molecular complexity index is 824. The number of nitrogens with one attached hydrogen (secondary N) is 1. The first kappa shape index (κ1) is 19.6. The van der Waals surface area contributed by atoms with Crippen LogP contribution in [0.25, 0.3) is 0 Å². The maximum absolute atomic E-state index is 12.2. The number of rotatable bonds is 7. The van der Waals surface area contributed by atoms with Crippen molar-refractivity contribution in [2.24, 2.45) is 0 Å². The summed E-state index contributed by atoms with van der Waals surface area (Å²) in [5.41, 5.74) is 1.96. The van der Waals surface area contributed by atoms with Crippen molar-refractivity contribution >= 4 is 33.0 Å². The Morgan fingerprint density at radius 3 is 2.28 bits per heavy atom. The van der Waals surface area contributed by atoms with Gasteiger partial charge in [-0.15, -0.1) is 11.3 Å². The number of carbonyl (C=O) groups excluding carboxylic acids is 1. The van der Waals surface area contributed by atoms with Gasteiger partial charge in [0.1, 0.15) is 4.21 Å². The zero-order valence-corrected chi connectivity index (χ0v) is 16.6. The number of sulfonamides is 1. The monoisotopic (exact) mass is 380 g/mol. The second-order valence-electron chi connectivity index (χ2n) is 6.18. The quantitative estimate of drug-likeness (QED) is 0.799. The highest BCUT2D eigenvalue weighted by Crippen LogP contribution is 2.21. The summed E-state index contributed by atoms with van der Waals surface area (Å²) in [6, 6.07) is 11.2. The molecular weight excluding hydrogens is 356 g/mol. The first-order chi connectivity index (χ1) is 11.7. The molecule has 136 valence electrons. The maximum atomic E-state index is 12.2. The van der Waals surface area contributed by atoms with Crippen LogP contribution >= 0.6 is 11.3 Å². The highest BCUT2D eigenvalue weighted by Gasteiger charge is 2.17. The van der Waals surface area contributed by atoms with Crippen LogP contribution in [0.15, 0.2) is 40.6 Å². The van der Waals surface area contributed by atoms with Crippen LogP contribution < -0.4 is 9.62 Å². The molecule has 2 aromatic rings. The summed E-state index contributed by atoms with van der Waals surface area (Å²) in [5.74, 6) is 0.296. The van der Waals surface area contributed by atoms with E-state index < -0.39 is 10.0 Å². The van der Waals surface area contributed by atoms with E-state index in [1.54, 1.807) is 17.0 Å². The Morgan fingerprint density at radius 2 is 1.80 bits per heavy atom. The van der Waals surface area contributed by atoms with Gasteiger partial charge in [0.25, 0.3) is 0 Å². The number of carbonyl (C=O) groups is 1. The van der Waals surface area contributed by atoms with Gasteiger partial charge in [0, 0.05) is 30.6 Å². The van der Waals surface area contributed by atoms with Crippen molar-refractivity contribution in [3.05, 3.63) is 46.8 Å². The van der Waals surface area contributed by atoms with Gasteiger partial charge in [-0.05, 0) is 42.7 Å². The van der Waals surface area contributed by atoms with Crippen molar-refractivity contribution in [3.63, 3.8) is 0 Å². The fourth-order valence-corrected chi connectivity index (χ4v) is 4.78. The predicted molar refractivity (Wildman–Crippen MR) is 103 cm³/mol. The Morgan fingerprint density at radius 1 is 1.16 bits per heavy atom. The molecule has 1 aromatic carbocycles. The molecule has 0 saturated carbocycles. The molecule has 1 amide bonds. The molecule has 0 aliphatic heterocycles. The summed E-state index contributed by atoms with van der Waals surface area (Å²) in [7, 11) is -3.53. The van der Waals surface area contributed by atoms with Crippen LogP contribution in [-0.4, -0.2) is 27.4 Å². The number of aryl methyl sites for hydroxylation is 1. The molecular formula is C18H24N2O3S2. The number of hydrogen-bond acceptors (Lipinski definition) is 4. The summed E-state index contributed by atoms with van der Waals surface area (Å²) in [6.45, 7) is 8.00. The first-order valence-corrected chi connectivity index (χ1v) is 10.4. The molecule has 0 saturated heterocycles.